The second-order valence-electron chi connectivity index (χ2n) is 5.64. The number of β-amino-alcohol motifs (C(OH)–C–C–N with tert-alkyl or cyclic N) is 1. The highest BCUT2D eigenvalue weighted by Gasteiger charge is 2.38. The van der Waals surface area contributed by atoms with Gasteiger partial charge in [-0.05, 0) is 18.4 Å². The molecular weight excluding hydrogens is 240 g/mol. The van der Waals surface area contributed by atoms with E-state index in [1.807, 2.05) is 18.2 Å². The highest BCUT2D eigenvalue weighted by molar-refractivity contribution is 5.80. The zero-order valence-corrected chi connectivity index (χ0v) is 11.0. The van der Waals surface area contributed by atoms with Gasteiger partial charge in [-0.25, -0.2) is 0 Å². The predicted octanol–water partition coefficient (Wildman–Crippen LogP) is 0.758. The van der Waals surface area contributed by atoms with Crippen LogP contribution in [-0.4, -0.2) is 41.1 Å². The summed E-state index contributed by atoms with van der Waals surface area (Å²) < 4.78 is 0. The lowest BCUT2D eigenvalue weighted by molar-refractivity contribution is -0.127. The van der Waals surface area contributed by atoms with Gasteiger partial charge in [-0.3, -0.25) is 9.69 Å². The lowest BCUT2D eigenvalue weighted by atomic mass is 10.1. The van der Waals surface area contributed by atoms with Crippen LogP contribution in [0.4, 0.5) is 0 Å². The van der Waals surface area contributed by atoms with Gasteiger partial charge in [0.05, 0.1) is 12.0 Å². The Morgan fingerprint density at radius 3 is 2.68 bits per heavy atom. The first kappa shape index (κ1) is 12.6. The SMILES string of the molecule is O=C(NC1CC1)[C@@H]1CN(Cc2ccccc2)C[C@H]1O. The number of aliphatic hydroxyl groups excluding tert-OH is 1. The molecule has 0 aromatic heterocycles. The molecule has 2 fully saturated rings. The van der Waals surface area contributed by atoms with Crippen LogP contribution in [0.15, 0.2) is 30.3 Å². The van der Waals surface area contributed by atoms with E-state index in [4.69, 9.17) is 0 Å². The summed E-state index contributed by atoms with van der Waals surface area (Å²) in [6.45, 7) is 2.03. The molecule has 0 unspecified atom stereocenters. The molecule has 0 spiro atoms. The number of carbonyl (C=O) groups excluding carboxylic acids is 1. The van der Waals surface area contributed by atoms with E-state index < -0.39 is 6.10 Å². The Balaban J connectivity index is 1.56. The van der Waals surface area contributed by atoms with Crippen LogP contribution in [0.5, 0.6) is 0 Å². The van der Waals surface area contributed by atoms with Gasteiger partial charge in [-0.2, -0.15) is 0 Å². The topological polar surface area (TPSA) is 52.6 Å². The van der Waals surface area contributed by atoms with Crippen molar-refractivity contribution in [3.05, 3.63) is 35.9 Å². The van der Waals surface area contributed by atoms with Crippen molar-refractivity contribution in [3.8, 4) is 0 Å². The molecule has 4 nitrogen and oxygen atoms in total. The highest BCUT2D eigenvalue weighted by Crippen LogP contribution is 2.23. The molecule has 0 bridgehead atoms. The van der Waals surface area contributed by atoms with Gasteiger partial charge in [-0.1, -0.05) is 30.3 Å². The maximum atomic E-state index is 12.0. The van der Waals surface area contributed by atoms with E-state index in [1.165, 1.54) is 5.56 Å². The Morgan fingerprint density at radius 1 is 1.26 bits per heavy atom. The molecule has 3 rings (SSSR count). The molecule has 19 heavy (non-hydrogen) atoms. The quantitative estimate of drug-likeness (QED) is 0.840. The van der Waals surface area contributed by atoms with Crippen LogP contribution < -0.4 is 5.32 Å². The molecule has 1 aromatic carbocycles. The molecule has 1 heterocycles. The summed E-state index contributed by atoms with van der Waals surface area (Å²) in [5, 5.41) is 13.0. The monoisotopic (exact) mass is 260 g/mol. The first-order chi connectivity index (χ1) is 9.22. The van der Waals surface area contributed by atoms with E-state index in [9.17, 15) is 9.90 Å². The molecule has 1 amide bonds. The molecular formula is C15H20N2O2. The molecule has 1 aliphatic carbocycles. The average Bonchev–Trinajstić information content (AvgIpc) is 3.13. The Bertz CT molecular complexity index is 445. The van der Waals surface area contributed by atoms with Gasteiger partial charge >= 0.3 is 0 Å². The number of carbonyl (C=O) groups is 1. The third-order valence-corrected chi connectivity index (χ3v) is 3.87. The summed E-state index contributed by atoms with van der Waals surface area (Å²) in [5.74, 6) is -0.255. The number of hydrogen-bond acceptors (Lipinski definition) is 3. The van der Waals surface area contributed by atoms with Crippen molar-refractivity contribution < 1.29 is 9.90 Å². The highest BCUT2D eigenvalue weighted by atomic mass is 16.3. The minimum absolute atomic E-state index is 0.0190. The van der Waals surface area contributed by atoms with Crippen molar-refractivity contribution in [2.45, 2.75) is 31.5 Å². The van der Waals surface area contributed by atoms with Crippen LogP contribution in [0.3, 0.4) is 0 Å². The fourth-order valence-corrected chi connectivity index (χ4v) is 2.63. The summed E-state index contributed by atoms with van der Waals surface area (Å²) >= 11 is 0. The molecule has 2 aliphatic rings. The van der Waals surface area contributed by atoms with Gasteiger partial charge in [0.25, 0.3) is 0 Å². The van der Waals surface area contributed by atoms with Crippen molar-refractivity contribution in [2.75, 3.05) is 13.1 Å². The Kier molecular flexibility index (Phi) is 3.53. The van der Waals surface area contributed by atoms with Crippen molar-refractivity contribution in [2.24, 2.45) is 5.92 Å². The number of nitrogens with one attached hydrogen (secondary N) is 1. The van der Waals surface area contributed by atoms with E-state index in [1.54, 1.807) is 0 Å². The zero-order valence-electron chi connectivity index (χ0n) is 11.0. The summed E-state index contributed by atoms with van der Waals surface area (Å²) in [5.41, 5.74) is 1.22. The molecule has 1 aromatic rings. The van der Waals surface area contributed by atoms with E-state index in [2.05, 4.69) is 22.3 Å². The van der Waals surface area contributed by atoms with Gasteiger partial charge in [0.1, 0.15) is 0 Å². The van der Waals surface area contributed by atoms with Crippen molar-refractivity contribution >= 4 is 5.91 Å². The second kappa shape index (κ2) is 5.31. The smallest absolute Gasteiger partial charge is 0.227 e. The number of rotatable bonds is 4. The zero-order chi connectivity index (χ0) is 13.2. The van der Waals surface area contributed by atoms with Crippen LogP contribution in [0, 0.1) is 5.92 Å². The van der Waals surface area contributed by atoms with E-state index in [0.717, 1.165) is 19.4 Å². The lowest BCUT2D eigenvalue weighted by Crippen LogP contribution is -2.38. The lowest BCUT2D eigenvalue weighted by Gasteiger charge is -2.15. The number of benzene rings is 1. The van der Waals surface area contributed by atoms with Crippen LogP contribution >= 0.6 is 0 Å². The number of nitrogens with zero attached hydrogens (tertiary/aromatic N) is 1. The molecule has 1 aliphatic heterocycles. The van der Waals surface area contributed by atoms with E-state index >= 15 is 0 Å². The summed E-state index contributed by atoms with van der Waals surface area (Å²) in [6, 6.07) is 10.5. The number of likely N-dealkylation sites (tertiary alicyclic amines) is 1. The van der Waals surface area contributed by atoms with Gasteiger partial charge in [0.2, 0.25) is 5.91 Å². The van der Waals surface area contributed by atoms with Crippen molar-refractivity contribution in [1.82, 2.24) is 10.2 Å². The van der Waals surface area contributed by atoms with Crippen molar-refractivity contribution in [3.63, 3.8) is 0 Å². The fraction of sp³-hybridized carbons (Fsp3) is 0.533. The molecule has 4 heteroatoms. The Morgan fingerprint density at radius 2 is 2.00 bits per heavy atom. The van der Waals surface area contributed by atoms with Gasteiger partial charge in [0.15, 0.2) is 0 Å². The minimum Gasteiger partial charge on any atom is -0.391 e. The Labute approximate surface area is 113 Å². The van der Waals surface area contributed by atoms with Crippen LogP contribution in [0.2, 0.25) is 0 Å². The second-order valence-corrected chi connectivity index (χ2v) is 5.64. The summed E-state index contributed by atoms with van der Waals surface area (Å²) in [4.78, 5) is 14.2. The maximum absolute atomic E-state index is 12.0. The molecule has 2 atom stereocenters. The normalized spacial score (nSPS) is 27.4. The fourth-order valence-electron chi connectivity index (χ4n) is 2.63. The van der Waals surface area contributed by atoms with Crippen LogP contribution in [0.1, 0.15) is 18.4 Å². The number of amides is 1. The number of aliphatic hydroxyl groups is 1. The molecule has 2 N–H and O–H groups in total. The molecule has 1 saturated carbocycles. The minimum atomic E-state index is -0.539. The van der Waals surface area contributed by atoms with E-state index in [-0.39, 0.29) is 11.8 Å². The number of hydrogen-bond donors (Lipinski definition) is 2. The summed E-state index contributed by atoms with van der Waals surface area (Å²) in [7, 11) is 0. The largest absolute Gasteiger partial charge is 0.391 e. The van der Waals surface area contributed by atoms with E-state index in [0.29, 0.717) is 19.1 Å². The molecule has 0 radical (unpaired) electrons. The summed E-state index contributed by atoms with van der Waals surface area (Å²) in [6.07, 6.45) is 1.63. The standard InChI is InChI=1S/C15H20N2O2/c18-14-10-17(8-11-4-2-1-3-5-11)9-13(14)15(19)16-12-6-7-12/h1-5,12-14,18H,6-10H2,(H,16,19)/t13-,14-/m1/s1. The Hall–Kier alpha value is -1.39. The first-order valence-corrected chi connectivity index (χ1v) is 6.97. The van der Waals surface area contributed by atoms with Gasteiger partial charge < -0.3 is 10.4 Å². The third kappa shape index (κ3) is 3.14. The van der Waals surface area contributed by atoms with Gasteiger partial charge in [-0.15, -0.1) is 0 Å². The first-order valence-electron chi connectivity index (χ1n) is 6.97. The predicted molar refractivity (Wildman–Crippen MR) is 72.4 cm³/mol. The molecule has 1 saturated heterocycles. The third-order valence-electron chi connectivity index (χ3n) is 3.87. The van der Waals surface area contributed by atoms with Gasteiger partial charge in [0, 0.05) is 25.7 Å². The average molecular weight is 260 g/mol. The van der Waals surface area contributed by atoms with Crippen LogP contribution in [-0.2, 0) is 11.3 Å². The van der Waals surface area contributed by atoms with Crippen LogP contribution in [0.25, 0.3) is 0 Å². The molecule has 102 valence electrons. The van der Waals surface area contributed by atoms with Crippen molar-refractivity contribution in [1.29, 1.82) is 0 Å². The maximum Gasteiger partial charge on any atom is 0.227 e.